The molecule has 0 saturated carbocycles. The molecular formula is C17H28N2S. The van der Waals surface area contributed by atoms with Crippen LogP contribution < -0.4 is 5.32 Å². The minimum absolute atomic E-state index is 0.730. The first-order chi connectivity index (χ1) is 9.88. The number of nitrogens with zero attached hydrogens (tertiary/aromatic N) is 1. The lowest BCUT2D eigenvalue weighted by atomic mass is 10.2. The molecule has 0 aromatic heterocycles. The van der Waals surface area contributed by atoms with Gasteiger partial charge in [-0.15, -0.1) is 11.8 Å². The van der Waals surface area contributed by atoms with Crippen LogP contribution in [0.2, 0.25) is 0 Å². The van der Waals surface area contributed by atoms with E-state index in [2.05, 4.69) is 47.5 Å². The summed E-state index contributed by atoms with van der Waals surface area (Å²) in [6, 6.07) is 11.5. The summed E-state index contributed by atoms with van der Waals surface area (Å²) in [5.74, 6) is 1.19. The second kappa shape index (κ2) is 9.43. The summed E-state index contributed by atoms with van der Waals surface area (Å²) in [4.78, 5) is 4.05. The highest BCUT2D eigenvalue weighted by molar-refractivity contribution is 7.99. The van der Waals surface area contributed by atoms with E-state index in [1.54, 1.807) is 0 Å². The van der Waals surface area contributed by atoms with Crippen LogP contribution in [-0.4, -0.2) is 42.9 Å². The summed E-state index contributed by atoms with van der Waals surface area (Å²) >= 11 is 1.98. The highest BCUT2D eigenvalue weighted by Gasteiger charge is 2.17. The molecule has 1 fully saturated rings. The molecule has 1 heterocycles. The van der Waals surface area contributed by atoms with Crippen LogP contribution in [0.1, 0.15) is 32.6 Å². The molecule has 1 aliphatic rings. The summed E-state index contributed by atoms with van der Waals surface area (Å²) in [5, 5.41) is 3.62. The normalized spacial score (nSPS) is 18.8. The Kier molecular flexibility index (Phi) is 7.48. The topological polar surface area (TPSA) is 15.3 Å². The molecule has 0 radical (unpaired) electrons. The van der Waals surface area contributed by atoms with Crippen LogP contribution >= 0.6 is 11.8 Å². The third-order valence-corrected chi connectivity index (χ3v) is 4.88. The molecule has 112 valence electrons. The average Bonchev–Trinajstić information content (AvgIpc) is 2.98. The van der Waals surface area contributed by atoms with Crippen molar-refractivity contribution in [1.82, 2.24) is 10.2 Å². The fourth-order valence-corrected chi connectivity index (χ4v) is 3.64. The van der Waals surface area contributed by atoms with Gasteiger partial charge in [0, 0.05) is 29.8 Å². The Balaban J connectivity index is 1.71. The first-order valence-corrected chi connectivity index (χ1v) is 9.00. The largest absolute Gasteiger partial charge is 0.313 e. The molecule has 3 heteroatoms. The molecule has 1 N–H and O–H groups in total. The summed E-state index contributed by atoms with van der Waals surface area (Å²) in [7, 11) is 0. The van der Waals surface area contributed by atoms with Crippen molar-refractivity contribution in [3.63, 3.8) is 0 Å². The maximum atomic E-state index is 3.62. The molecule has 1 unspecified atom stereocenters. The Hall–Kier alpha value is -0.510. The third kappa shape index (κ3) is 5.86. The van der Waals surface area contributed by atoms with Gasteiger partial charge >= 0.3 is 0 Å². The van der Waals surface area contributed by atoms with E-state index < -0.39 is 0 Å². The van der Waals surface area contributed by atoms with Crippen LogP contribution in [-0.2, 0) is 0 Å². The Labute approximate surface area is 128 Å². The molecule has 2 nitrogen and oxygen atoms in total. The number of hydrogen-bond donors (Lipinski definition) is 1. The van der Waals surface area contributed by atoms with E-state index in [9.17, 15) is 0 Å². The van der Waals surface area contributed by atoms with Crippen molar-refractivity contribution in [3.05, 3.63) is 30.3 Å². The zero-order valence-corrected chi connectivity index (χ0v) is 13.5. The summed E-state index contributed by atoms with van der Waals surface area (Å²) in [6.45, 7) is 7.19. The van der Waals surface area contributed by atoms with Crippen LogP contribution in [0.4, 0.5) is 0 Å². The molecular weight excluding hydrogens is 264 g/mol. The fourth-order valence-electron chi connectivity index (χ4n) is 2.71. The van der Waals surface area contributed by atoms with Gasteiger partial charge in [-0.3, -0.25) is 0 Å². The van der Waals surface area contributed by atoms with Gasteiger partial charge in [0.2, 0.25) is 0 Å². The van der Waals surface area contributed by atoms with Gasteiger partial charge in [-0.1, -0.05) is 31.5 Å². The Morgan fingerprint density at radius 1 is 1.25 bits per heavy atom. The van der Waals surface area contributed by atoms with E-state index in [1.165, 1.54) is 62.5 Å². The molecule has 0 spiro atoms. The Morgan fingerprint density at radius 3 is 2.80 bits per heavy atom. The smallest absolute Gasteiger partial charge is 0.0195 e. The maximum Gasteiger partial charge on any atom is 0.0195 e. The van der Waals surface area contributed by atoms with Gasteiger partial charge in [0.05, 0.1) is 0 Å². The predicted molar refractivity (Wildman–Crippen MR) is 89.5 cm³/mol. The monoisotopic (exact) mass is 292 g/mol. The minimum Gasteiger partial charge on any atom is -0.313 e. The first-order valence-electron chi connectivity index (χ1n) is 8.02. The summed E-state index contributed by atoms with van der Waals surface area (Å²) in [5.41, 5.74) is 0. The van der Waals surface area contributed by atoms with Crippen molar-refractivity contribution in [2.24, 2.45) is 0 Å². The highest BCUT2D eigenvalue weighted by atomic mass is 32.2. The van der Waals surface area contributed by atoms with Gasteiger partial charge in [-0.05, 0) is 44.5 Å². The van der Waals surface area contributed by atoms with Gasteiger partial charge in [-0.2, -0.15) is 0 Å². The zero-order chi connectivity index (χ0) is 14.0. The van der Waals surface area contributed by atoms with E-state index in [-0.39, 0.29) is 0 Å². The van der Waals surface area contributed by atoms with Crippen molar-refractivity contribution in [2.45, 2.75) is 43.5 Å². The standard InChI is InChI=1S/C17H28N2S/c1-2-3-12-19(15-16-8-7-11-18-16)13-14-20-17-9-5-4-6-10-17/h4-6,9-10,16,18H,2-3,7-8,11-15H2,1H3. The molecule has 1 atom stereocenters. The van der Waals surface area contributed by atoms with Crippen LogP contribution in [0.5, 0.6) is 0 Å². The molecule has 0 aliphatic carbocycles. The van der Waals surface area contributed by atoms with Crippen LogP contribution in [0, 0.1) is 0 Å². The number of nitrogens with one attached hydrogen (secondary N) is 1. The summed E-state index contributed by atoms with van der Waals surface area (Å²) < 4.78 is 0. The number of thioether (sulfide) groups is 1. The molecule has 0 bridgehead atoms. The number of unbranched alkanes of at least 4 members (excludes halogenated alkanes) is 1. The number of hydrogen-bond acceptors (Lipinski definition) is 3. The molecule has 2 rings (SSSR count). The Morgan fingerprint density at radius 2 is 2.10 bits per heavy atom. The van der Waals surface area contributed by atoms with Crippen molar-refractivity contribution >= 4 is 11.8 Å². The van der Waals surface area contributed by atoms with Crippen molar-refractivity contribution in [1.29, 1.82) is 0 Å². The average molecular weight is 292 g/mol. The quantitative estimate of drug-likeness (QED) is 0.700. The van der Waals surface area contributed by atoms with E-state index in [4.69, 9.17) is 0 Å². The fraction of sp³-hybridized carbons (Fsp3) is 0.647. The van der Waals surface area contributed by atoms with Gasteiger partial charge in [0.15, 0.2) is 0 Å². The molecule has 1 aliphatic heterocycles. The van der Waals surface area contributed by atoms with Crippen LogP contribution in [0.25, 0.3) is 0 Å². The van der Waals surface area contributed by atoms with Gasteiger partial charge in [0.1, 0.15) is 0 Å². The van der Waals surface area contributed by atoms with E-state index in [1.807, 2.05) is 11.8 Å². The molecule has 0 amide bonds. The van der Waals surface area contributed by atoms with Crippen LogP contribution in [0.3, 0.4) is 0 Å². The predicted octanol–water partition coefficient (Wildman–Crippen LogP) is 3.63. The molecule has 1 saturated heterocycles. The van der Waals surface area contributed by atoms with E-state index in [0.29, 0.717) is 0 Å². The van der Waals surface area contributed by atoms with Crippen molar-refractivity contribution < 1.29 is 0 Å². The second-order valence-corrected chi connectivity index (χ2v) is 6.78. The maximum absolute atomic E-state index is 3.62. The number of rotatable bonds is 9. The second-order valence-electron chi connectivity index (χ2n) is 5.61. The van der Waals surface area contributed by atoms with E-state index in [0.717, 1.165) is 6.04 Å². The lowest BCUT2D eigenvalue weighted by molar-refractivity contribution is 0.259. The lowest BCUT2D eigenvalue weighted by Crippen LogP contribution is -2.39. The third-order valence-electron chi connectivity index (χ3n) is 3.89. The first kappa shape index (κ1) is 15.9. The number of benzene rings is 1. The Bertz CT molecular complexity index is 349. The molecule has 1 aromatic rings. The zero-order valence-electron chi connectivity index (χ0n) is 12.7. The van der Waals surface area contributed by atoms with E-state index >= 15 is 0 Å². The SMILES string of the molecule is CCCCN(CCSc1ccccc1)CC1CCCN1. The van der Waals surface area contributed by atoms with Crippen LogP contribution in [0.15, 0.2) is 35.2 Å². The van der Waals surface area contributed by atoms with Gasteiger partial charge < -0.3 is 10.2 Å². The molecule has 20 heavy (non-hydrogen) atoms. The summed E-state index contributed by atoms with van der Waals surface area (Å²) in [6.07, 6.45) is 5.32. The lowest BCUT2D eigenvalue weighted by Gasteiger charge is -2.25. The van der Waals surface area contributed by atoms with Crippen molar-refractivity contribution in [3.8, 4) is 0 Å². The van der Waals surface area contributed by atoms with Crippen molar-refractivity contribution in [2.75, 3.05) is 31.9 Å². The van der Waals surface area contributed by atoms with Gasteiger partial charge in [0.25, 0.3) is 0 Å². The van der Waals surface area contributed by atoms with Gasteiger partial charge in [-0.25, -0.2) is 0 Å². The highest BCUT2D eigenvalue weighted by Crippen LogP contribution is 2.17. The molecule has 1 aromatic carbocycles. The minimum atomic E-state index is 0.730.